The molecule has 0 atom stereocenters. The molecule has 0 aromatic heterocycles. The van der Waals surface area contributed by atoms with Gasteiger partial charge in [-0.3, -0.25) is 4.79 Å². The Morgan fingerprint density at radius 1 is 1.17 bits per heavy atom. The van der Waals surface area contributed by atoms with E-state index in [1.807, 2.05) is 37.3 Å². The Morgan fingerprint density at radius 2 is 1.92 bits per heavy atom. The van der Waals surface area contributed by atoms with Gasteiger partial charge in [-0.15, -0.1) is 0 Å². The van der Waals surface area contributed by atoms with E-state index in [0.717, 1.165) is 35.7 Å². The molecule has 1 amide bonds. The van der Waals surface area contributed by atoms with Gasteiger partial charge in [0.2, 0.25) is 5.91 Å². The topological polar surface area (TPSA) is 41.6 Å². The molecule has 1 fully saturated rings. The van der Waals surface area contributed by atoms with Gasteiger partial charge >= 0.3 is 0 Å². The van der Waals surface area contributed by atoms with Crippen molar-refractivity contribution in [2.75, 3.05) is 30.4 Å². The molecule has 0 aliphatic carbocycles. The maximum atomic E-state index is 12.4. The van der Waals surface area contributed by atoms with Gasteiger partial charge < -0.3 is 15.0 Å². The molecule has 4 heteroatoms. The molecule has 2 aromatic carbocycles. The number of nitrogens with one attached hydrogen (secondary N) is 1. The van der Waals surface area contributed by atoms with Crippen molar-refractivity contribution in [3.8, 4) is 5.75 Å². The second-order valence-corrected chi connectivity index (χ2v) is 6.23. The van der Waals surface area contributed by atoms with Gasteiger partial charge in [0, 0.05) is 30.0 Å². The molecule has 1 heterocycles. The van der Waals surface area contributed by atoms with Crippen molar-refractivity contribution in [1.29, 1.82) is 0 Å². The molecule has 24 heavy (non-hydrogen) atoms. The zero-order valence-corrected chi connectivity index (χ0v) is 14.3. The van der Waals surface area contributed by atoms with E-state index in [4.69, 9.17) is 4.74 Å². The van der Waals surface area contributed by atoms with Crippen molar-refractivity contribution < 1.29 is 9.53 Å². The van der Waals surface area contributed by atoms with Gasteiger partial charge in [-0.1, -0.05) is 18.2 Å². The summed E-state index contributed by atoms with van der Waals surface area (Å²) in [6, 6.07) is 13.9. The fraction of sp³-hybridized carbons (Fsp3) is 0.350. The van der Waals surface area contributed by atoms with E-state index in [2.05, 4.69) is 22.3 Å². The highest BCUT2D eigenvalue weighted by molar-refractivity contribution is 5.93. The van der Waals surface area contributed by atoms with Crippen molar-refractivity contribution in [3.05, 3.63) is 53.6 Å². The van der Waals surface area contributed by atoms with Crippen LogP contribution >= 0.6 is 0 Å². The van der Waals surface area contributed by atoms with Gasteiger partial charge in [0.25, 0.3) is 0 Å². The Labute approximate surface area is 143 Å². The van der Waals surface area contributed by atoms with Crippen LogP contribution in [0.25, 0.3) is 0 Å². The first-order valence-corrected chi connectivity index (χ1v) is 8.45. The lowest BCUT2D eigenvalue weighted by Crippen LogP contribution is -2.18. The predicted molar refractivity (Wildman–Crippen MR) is 98.0 cm³/mol. The van der Waals surface area contributed by atoms with E-state index in [1.165, 1.54) is 18.5 Å². The molecule has 0 unspecified atom stereocenters. The number of benzene rings is 2. The van der Waals surface area contributed by atoms with E-state index in [9.17, 15) is 4.79 Å². The molecular weight excluding hydrogens is 300 g/mol. The average molecular weight is 324 g/mol. The minimum absolute atomic E-state index is 0.0310. The van der Waals surface area contributed by atoms with Crippen LogP contribution in [0, 0.1) is 6.92 Å². The summed E-state index contributed by atoms with van der Waals surface area (Å²) in [5.74, 6) is 0.713. The quantitative estimate of drug-likeness (QED) is 0.910. The van der Waals surface area contributed by atoms with Gasteiger partial charge in [0.15, 0.2) is 0 Å². The summed E-state index contributed by atoms with van der Waals surface area (Å²) in [5.41, 5.74) is 4.10. The van der Waals surface area contributed by atoms with Gasteiger partial charge in [-0.05, 0) is 49.6 Å². The van der Waals surface area contributed by atoms with Crippen molar-refractivity contribution in [2.24, 2.45) is 0 Å². The Hall–Kier alpha value is -2.49. The van der Waals surface area contributed by atoms with E-state index in [1.54, 1.807) is 7.11 Å². The van der Waals surface area contributed by atoms with Gasteiger partial charge in [-0.2, -0.15) is 0 Å². The van der Waals surface area contributed by atoms with Crippen molar-refractivity contribution in [1.82, 2.24) is 0 Å². The lowest BCUT2D eigenvalue weighted by Gasteiger charge is -2.19. The largest absolute Gasteiger partial charge is 0.496 e. The van der Waals surface area contributed by atoms with Crippen LogP contribution in [0.5, 0.6) is 5.75 Å². The van der Waals surface area contributed by atoms with Crippen LogP contribution in [0.2, 0.25) is 0 Å². The van der Waals surface area contributed by atoms with Crippen LogP contribution in [0.1, 0.15) is 24.0 Å². The Bertz CT molecular complexity index is 721. The number of ether oxygens (including phenoxy) is 1. The van der Waals surface area contributed by atoms with Crippen molar-refractivity contribution in [2.45, 2.75) is 26.2 Å². The SMILES string of the molecule is COc1ccccc1CC(=O)Nc1ccc(N2CCCC2)cc1C. The zero-order chi connectivity index (χ0) is 16.9. The molecule has 1 N–H and O–H groups in total. The molecule has 1 saturated heterocycles. The summed E-state index contributed by atoms with van der Waals surface area (Å²) in [5, 5.41) is 3.01. The third-order valence-corrected chi connectivity index (χ3v) is 4.50. The van der Waals surface area contributed by atoms with Crippen molar-refractivity contribution in [3.63, 3.8) is 0 Å². The van der Waals surface area contributed by atoms with Crippen LogP contribution < -0.4 is 15.0 Å². The number of rotatable bonds is 5. The van der Waals surface area contributed by atoms with E-state index >= 15 is 0 Å². The first-order chi connectivity index (χ1) is 11.7. The molecule has 0 bridgehead atoms. The number of carbonyl (C=O) groups is 1. The third-order valence-electron chi connectivity index (χ3n) is 4.50. The second-order valence-electron chi connectivity index (χ2n) is 6.23. The summed E-state index contributed by atoms with van der Waals surface area (Å²) in [6.07, 6.45) is 2.82. The predicted octanol–water partition coefficient (Wildman–Crippen LogP) is 3.79. The Morgan fingerprint density at radius 3 is 2.62 bits per heavy atom. The zero-order valence-electron chi connectivity index (χ0n) is 14.3. The number of anilines is 2. The highest BCUT2D eigenvalue weighted by atomic mass is 16.5. The van der Waals surface area contributed by atoms with Gasteiger partial charge in [0.05, 0.1) is 13.5 Å². The molecule has 0 saturated carbocycles. The number of hydrogen-bond acceptors (Lipinski definition) is 3. The molecule has 4 nitrogen and oxygen atoms in total. The monoisotopic (exact) mass is 324 g/mol. The fourth-order valence-corrected chi connectivity index (χ4v) is 3.18. The normalized spacial score (nSPS) is 13.8. The summed E-state index contributed by atoms with van der Waals surface area (Å²) < 4.78 is 5.31. The lowest BCUT2D eigenvalue weighted by molar-refractivity contribution is -0.115. The van der Waals surface area contributed by atoms with Gasteiger partial charge in [0.1, 0.15) is 5.75 Å². The van der Waals surface area contributed by atoms with Crippen LogP contribution in [-0.4, -0.2) is 26.1 Å². The summed E-state index contributed by atoms with van der Waals surface area (Å²) in [6.45, 7) is 4.29. The van der Waals surface area contributed by atoms with Crippen LogP contribution in [0.15, 0.2) is 42.5 Å². The maximum absolute atomic E-state index is 12.4. The van der Waals surface area contributed by atoms with Crippen molar-refractivity contribution >= 4 is 17.3 Å². The molecule has 126 valence electrons. The minimum atomic E-state index is -0.0310. The molecular formula is C20H24N2O2. The molecule has 0 spiro atoms. The summed E-state index contributed by atoms with van der Waals surface area (Å²) in [4.78, 5) is 14.8. The smallest absolute Gasteiger partial charge is 0.228 e. The average Bonchev–Trinajstić information content (AvgIpc) is 3.12. The number of methoxy groups -OCH3 is 1. The summed E-state index contributed by atoms with van der Waals surface area (Å²) >= 11 is 0. The number of carbonyl (C=O) groups excluding carboxylic acids is 1. The molecule has 0 radical (unpaired) electrons. The molecule has 1 aliphatic heterocycles. The second kappa shape index (κ2) is 7.39. The standard InChI is InChI=1S/C20H24N2O2/c1-15-13-17(22-11-5-6-12-22)9-10-18(15)21-20(23)14-16-7-3-4-8-19(16)24-2/h3-4,7-10,13H,5-6,11-12,14H2,1-2H3,(H,21,23). The van der Waals surface area contributed by atoms with Gasteiger partial charge in [-0.25, -0.2) is 0 Å². The molecule has 2 aromatic rings. The van der Waals surface area contributed by atoms with Crippen LogP contribution in [0.4, 0.5) is 11.4 Å². The van der Waals surface area contributed by atoms with E-state index in [0.29, 0.717) is 6.42 Å². The highest BCUT2D eigenvalue weighted by Crippen LogP contribution is 2.26. The van der Waals surface area contributed by atoms with Crippen LogP contribution in [0.3, 0.4) is 0 Å². The Balaban J connectivity index is 1.68. The Kier molecular flexibility index (Phi) is 5.04. The maximum Gasteiger partial charge on any atom is 0.228 e. The van der Waals surface area contributed by atoms with E-state index < -0.39 is 0 Å². The summed E-state index contributed by atoms with van der Waals surface area (Å²) in [7, 11) is 1.62. The third kappa shape index (κ3) is 3.70. The minimum Gasteiger partial charge on any atom is -0.496 e. The number of nitrogens with zero attached hydrogens (tertiary/aromatic N) is 1. The first-order valence-electron chi connectivity index (χ1n) is 8.45. The van der Waals surface area contributed by atoms with Crippen LogP contribution in [-0.2, 0) is 11.2 Å². The first kappa shape index (κ1) is 16.4. The number of para-hydroxylation sites is 1. The number of aryl methyl sites for hydroxylation is 1. The lowest BCUT2D eigenvalue weighted by atomic mass is 10.1. The molecule has 3 rings (SSSR count). The highest BCUT2D eigenvalue weighted by Gasteiger charge is 2.14. The molecule has 1 aliphatic rings. The fourth-order valence-electron chi connectivity index (χ4n) is 3.18. The van der Waals surface area contributed by atoms with E-state index in [-0.39, 0.29) is 5.91 Å². The number of hydrogen-bond donors (Lipinski definition) is 1. The number of amides is 1.